The van der Waals surface area contributed by atoms with Crippen LogP contribution in [0.3, 0.4) is 0 Å². The SMILES string of the molecule is CN(C(=O)CSc1ncc(C(F)(F)F)cc1Cl)c1c(N)n(Cc2ccccc2)c(=O)[nH]c1=O. The second-order valence-corrected chi connectivity index (χ2v) is 8.19. The predicted octanol–water partition coefficient (Wildman–Crippen LogP) is 2.99. The molecular formula is C20H17ClF3N5O3S. The van der Waals surface area contributed by atoms with Gasteiger partial charge in [0.1, 0.15) is 10.8 Å². The van der Waals surface area contributed by atoms with Crippen molar-refractivity contribution in [3.8, 4) is 0 Å². The number of nitrogens with two attached hydrogens (primary N) is 1. The average Bonchev–Trinajstić information content (AvgIpc) is 2.75. The molecule has 33 heavy (non-hydrogen) atoms. The van der Waals surface area contributed by atoms with Gasteiger partial charge in [0.25, 0.3) is 5.56 Å². The zero-order valence-electron chi connectivity index (χ0n) is 17.0. The molecule has 174 valence electrons. The van der Waals surface area contributed by atoms with Crippen molar-refractivity contribution in [3.63, 3.8) is 0 Å². The number of pyridine rings is 1. The van der Waals surface area contributed by atoms with Crippen LogP contribution < -0.4 is 21.9 Å². The lowest BCUT2D eigenvalue weighted by Crippen LogP contribution is -2.40. The molecule has 0 unspecified atom stereocenters. The Labute approximate surface area is 194 Å². The highest BCUT2D eigenvalue weighted by Crippen LogP contribution is 2.33. The Balaban J connectivity index is 1.81. The summed E-state index contributed by atoms with van der Waals surface area (Å²) in [5, 5.41) is -0.249. The Bertz CT molecular complexity index is 1290. The fourth-order valence-electron chi connectivity index (χ4n) is 2.86. The molecule has 0 spiro atoms. The molecule has 2 heterocycles. The fourth-order valence-corrected chi connectivity index (χ4v) is 3.97. The molecular weight excluding hydrogens is 483 g/mol. The van der Waals surface area contributed by atoms with Gasteiger partial charge in [-0.25, -0.2) is 9.78 Å². The van der Waals surface area contributed by atoms with Crippen LogP contribution in [0, 0.1) is 0 Å². The molecule has 1 amide bonds. The minimum Gasteiger partial charge on any atom is -0.383 e. The highest BCUT2D eigenvalue weighted by atomic mass is 35.5. The van der Waals surface area contributed by atoms with Gasteiger partial charge in [-0.3, -0.25) is 19.1 Å². The summed E-state index contributed by atoms with van der Waals surface area (Å²) in [6.07, 6.45) is -3.98. The Morgan fingerprint density at radius 3 is 2.55 bits per heavy atom. The van der Waals surface area contributed by atoms with Crippen LogP contribution in [0.15, 0.2) is 57.2 Å². The molecule has 0 aliphatic rings. The molecule has 8 nitrogen and oxygen atoms in total. The normalized spacial score (nSPS) is 11.4. The number of nitrogens with zero attached hydrogens (tertiary/aromatic N) is 3. The summed E-state index contributed by atoms with van der Waals surface area (Å²) in [7, 11) is 1.29. The van der Waals surface area contributed by atoms with E-state index in [-0.39, 0.29) is 33.9 Å². The van der Waals surface area contributed by atoms with E-state index >= 15 is 0 Å². The van der Waals surface area contributed by atoms with Crippen LogP contribution in [0.5, 0.6) is 0 Å². The lowest BCUT2D eigenvalue weighted by Gasteiger charge is -2.20. The number of hydrogen-bond donors (Lipinski definition) is 2. The first-order valence-electron chi connectivity index (χ1n) is 9.27. The van der Waals surface area contributed by atoms with Gasteiger partial charge >= 0.3 is 11.9 Å². The highest BCUT2D eigenvalue weighted by molar-refractivity contribution is 8.00. The summed E-state index contributed by atoms with van der Waals surface area (Å²) in [6, 6.07) is 9.60. The molecule has 0 atom stereocenters. The van der Waals surface area contributed by atoms with Gasteiger partial charge in [0.2, 0.25) is 5.91 Å². The average molecular weight is 500 g/mol. The lowest BCUT2D eigenvalue weighted by molar-refractivity contribution is -0.137. The smallest absolute Gasteiger partial charge is 0.383 e. The van der Waals surface area contributed by atoms with E-state index in [0.717, 1.165) is 26.8 Å². The molecule has 0 saturated carbocycles. The molecule has 3 N–H and O–H groups in total. The zero-order chi connectivity index (χ0) is 24.3. The van der Waals surface area contributed by atoms with Gasteiger partial charge in [-0.1, -0.05) is 53.7 Å². The van der Waals surface area contributed by atoms with Gasteiger partial charge in [-0.15, -0.1) is 0 Å². The Morgan fingerprint density at radius 2 is 1.94 bits per heavy atom. The first-order valence-corrected chi connectivity index (χ1v) is 10.6. The topological polar surface area (TPSA) is 114 Å². The van der Waals surface area contributed by atoms with E-state index in [1.165, 1.54) is 7.05 Å². The largest absolute Gasteiger partial charge is 0.417 e. The fraction of sp³-hybridized carbons (Fsp3) is 0.200. The number of halogens is 4. The van der Waals surface area contributed by atoms with E-state index in [1.54, 1.807) is 30.3 Å². The number of carbonyl (C=O) groups is 1. The van der Waals surface area contributed by atoms with E-state index < -0.39 is 28.9 Å². The third kappa shape index (κ3) is 5.57. The molecule has 13 heteroatoms. The molecule has 0 saturated heterocycles. The predicted molar refractivity (Wildman–Crippen MR) is 120 cm³/mol. The Kier molecular flexibility index (Phi) is 7.18. The van der Waals surface area contributed by atoms with Gasteiger partial charge < -0.3 is 10.6 Å². The maximum absolute atomic E-state index is 12.7. The van der Waals surface area contributed by atoms with E-state index in [1.807, 2.05) is 0 Å². The molecule has 3 aromatic rings. The number of H-pyrrole nitrogens is 1. The first-order chi connectivity index (χ1) is 15.5. The monoisotopic (exact) mass is 499 g/mol. The number of hydrogen-bond acceptors (Lipinski definition) is 6. The van der Waals surface area contributed by atoms with Gasteiger partial charge in [0, 0.05) is 13.2 Å². The van der Waals surface area contributed by atoms with E-state index in [9.17, 15) is 27.6 Å². The van der Waals surface area contributed by atoms with Crippen molar-refractivity contribution in [2.45, 2.75) is 17.7 Å². The Morgan fingerprint density at radius 1 is 1.27 bits per heavy atom. The van der Waals surface area contributed by atoms with Gasteiger partial charge in [-0.05, 0) is 11.6 Å². The number of aromatic amines is 1. The summed E-state index contributed by atoms with van der Waals surface area (Å²) in [4.78, 5) is 44.1. The minimum absolute atomic E-state index is 0.0161. The number of thioether (sulfide) groups is 1. The molecule has 0 bridgehead atoms. The van der Waals surface area contributed by atoms with Crippen molar-refractivity contribution in [1.82, 2.24) is 14.5 Å². The van der Waals surface area contributed by atoms with Crippen molar-refractivity contribution in [3.05, 3.63) is 79.6 Å². The minimum atomic E-state index is -4.60. The van der Waals surface area contributed by atoms with Crippen LogP contribution in [-0.2, 0) is 17.5 Å². The van der Waals surface area contributed by atoms with Crippen molar-refractivity contribution in [1.29, 1.82) is 0 Å². The summed E-state index contributed by atoms with van der Waals surface area (Å²) in [5.74, 6) is -1.12. The van der Waals surface area contributed by atoms with E-state index in [2.05, 4.69) is 9.97 Å². The lowest BCUT2D eigenvalue weighted by atomic mass is 10.2. The molecule has 1 aromatic carbocycles. The highest BCUT2D eigenvalue weighted by Gasteiger charge is 2.31. The summed E-state index contributed by atoms with van der Waals surface area (Å²) >= 11 is 6.66. The van der Waals surface area contributed by atoms with Crippen LogP contribution in [0.1, 0.15) is 11.1 Å². The standard InChI is InChI=1S/C20H17ClF3N5O3S/c1-28(14(30)10-33-18-13(21)7-12(8-26-18)20(22,23)24)15-16(25)29(19(32)27-17(15)31)9-11-5-3-2-4-6-11/h2-8H,9-10,25H2,1H3,(H,27,31,32). The summed E-state index contributed by atoms with van der Waals surface area (Å²) in [6.45, 7) is 0.0666. The number of rotatable bonds is 6. The van der Waals surface area contributed by atoms with Gasteiger partial charge in [-0.2, -0.15) is 13.2 Å². The van der Waals surface area contributed by atoms with Crippen LogP contribution in [-0.4, -0.2) is 33.2 Å². The number of nitrogens with one attached hydrogen (secondary N) is 1. The van der Waals surface area contributed by atoms with Crippen molar-refractivity contribution < 1.29 is 18.0 Å². The van der Waals surface area contributed by atoms with Gasteiger partial charge in [0.15, 0.2) is 5.69 Å². The molecule has 0 aliphatic heterocycles. The molecule has 2 aromatic heterocycles. The molecule has 3 rings (SSSR count). The number of aromatic nitrogens is 3. The first kappa shape index (κ1) is 24.4. The van der Waals surface area contributed by atoms with E-state index in [4.69, 9.17) is 17.3 Å². The van der Waals surface area contributed by atoms with Crippen molar-refractivity contribution >= 4 is 40.8 Å². The third-order valence-electron chi connectivity index (χ3n) is 4.57. The summed E-state index contributed by atoms with van der Waals surface area (Å²) in [5.41, 5.74) is 3.97. The van der Waals surface area contributed by atoms with Crippen LogP contribution >= 0.6 is 23.4 Å². The van der Waals surface area contributed by atoms with Crippen LogP contribution in [0.25, 0.3) is 0 Å². The maximum Gasteiger partial charge on any atom is 0.417 e. The summed E-state index contributed by atoms with van der Waals surface area (Å²) < 4.78 is 39.4. The van der Waals surface area contributed by atoms with Gasteiger partial charge in [0.05, 0.1) is 22.9 Å². The molecule has 0 fully saturated rings. The number of anilines is 2. The second kappa shape index (κ2) is 9.71. The van der Waals surface area contributed by atoms with Crippen LogP contribution in [0.2, 0.25) is 5.02 Å². The zero-order valence-corrected chi connectivity index (χ0v) is 18.6. The maximum atomic E-state index is 12.7. The number of carbonyl (C=O) groups excluding carboxylic acids is 1. The quantitative estimate of drug-likeness (QED) is 0.504. The number of amides is 1. The third-order valence-corrected chi connectivity index (χ3v) is 5.96. The Hall–Kier alpha value is -3.25. The molecule has 0 radical (unpaired) electrons. The number of benzene rings is 1. The number of alkyl halides is 3. The van der Waals surface area contributed by atoms with Crippen molar-refractivity contribution in [2.75, 3.05) is 23.4 Å². The number of nitrogen functional groups attached to an aromatic ring is 1. The second-order valence-electron chi connectivity index (χ2n) is 6.82. The molecule has 0 aliphatic carbocycles. The van der Waals surface area contributed by atoms with Crippen molar-refractivity contribution in [2.24, 2.45) is 0 Å². The van der Waals surface area contributed by atoms with Crippen LogP contribution in [0.4, 0.5) is 24.7 Å². The van der Waals surface area contributed by atoms with E-state index in [0.29, 0.717) is 12.3 Å².